The van der Waals surface area contributed by atoms with Crippen LogP contribution in [0.4, 0.5) is 0 Å². The van der Waals surface area contributed by atoms with E-state index in [1.807, 2.05) is 6.92 Å². The number of amides is 1. The van der Waals surface area contributed by atoms with Gasteiger partial charge in [-0.1, -0.05) is 6.92 Å². The van der Waals surface area contributed by atoms with E-state index in [1.54, 1.807) is 0 Å². The molecule has 0 aliphatic heterocycles. The van der Waals surface area contributed by atoms with E-state index in [9.17, 15) is 9.59 Å². The van der Waals surface area contributed by atoms with Gasteiger partial charge >= 0.3 is 11.9 Å². The molecule has 1 aliphatic carbocycles. The van der Waals surface area contributed by atoms with Crippen molar-refractivity contribution in [3.63, 3.8) is 0 Å². The summed E-state index contributed by atoms with van der Waals surface area (Å²) in [6.45, 7) is 1.96. The standard InChI is InChI=1S/C8H13NO3/c1-2-8(4-3-5-8)9-6(10)7(11)12/h2-5H2,1H3,(H,9,10)(H,11,12). The van der Waals surface area contributed by atoms with Crippen LogP contribution >= 0.6 is 0 Å². The van der Waals surface area contributed by atoms with E-state index in [-0.39, 0.29) is 5.54 Å². The molecule has 1 rings (SSSR count). The second-order valence-electron chi connectivity index (χ2n) is 3.25. The van der Waals surface area contributed by atoms with E-state index in [0.717, 1.165) is 25.7 Å². The lowest BCUT2D eigenvalue weighted by atomic mass is 9.75. The zero-order valence-corrected chi connectivity index (χ0v) is 7.09. The molecule has 0 saturated heterocycles. The Hall–Kier alpha value is -1.06. The van der Waals surface area contributed by atoms with Crippen LogP contribution in [0.1, 0.15) is 32.6 Å². The van der Waals surface area contributed by atoms with Crippen molar-refractivity contribution in [2.24, 2.45) is 0 Å². The number of hydrogen-bond donors (Lipinski definition) is 2. The van der Waals surface area contributed by atoms with Crippen molar-refractivity contribution in [3.05, 3.63) is 0 Å². The fourth-order valence-corrected chi connectivity index (χ4v) is 1.46. The Morgan fingerprint density at radius 3 is 2.33 bits per heavy atom. The number of carbonyl (C=O) groups excluding carboxylic acids is 1. The molecule has 0 bridgehead atoms. The number of aliphatic carboxylic acids is 1. The van der Waals surface area contributed by atoms with Gasteiger partial charge in [-0.3, -0.25) is 4.79 Å². The van der Waals surface area contributed by atoms with Gasteiger partial charge in [-0.05, 0) is 25.7 Å². The van der Waals surface area contributed by atoms with Gasteiger partial charge in [-0.25, -0.2) is 4.79 Å². The third-order valence-corrected chi connectivity index (χ3v) is 2.56. The normalized spacial score (nSPS) is 19.4. The number of hydrogen-bond acceptors (Lipinski definition) is 2. The summed E-state index contributed by atoms with van der Waals surface area (Å²) in [4.78, 5) is 21.0. The quantitative estimate of drug-likeness (QED) is 0.595. The summed E-state index contributed by atoms with van der Waals surface area (Å²) < 4.78 is 0. The predicted molar refractivity (Wildman–Crippen MR) is 42.7 cm³/mol. The van der Waals surface area contributed by atoms with Gasteiger partial charge in [-0.15, -0.1) is 0 Å². The molecule has 4 heteroatoms. The molecule has 0 aromatic heterocycles. The largest absolute Gasteiger partial charge is 0.474 e. The Labute approximate surface area is 71.0 Å². The molecule has 0 spiro atoms. The van der Waals surface area contributed by atoms with Gasteiger partial charge in [-0.2, -0.15) is 0 Å². The maximum Gasteiger partial charge on any atom is 0.394 e. The van der Waals surface area contributed by atoms with Crippen LogP contribution in [-0.4, -0.2) is 22.5 Å². The van der Waals surface area contributed by atoms with Crippen LogP contribution in [0.25, 0.3) is 0 Å². The molecule has 68 valence electrons. The number of carboxylic acids is 1. The molecule has 1 aliphatic rings. The van der Waals surface area contributed by atoms with Crippen molar-refractivity contribution in [2.75, 3.05) is 0 Å². The van der Waals surface area contributed by atoms with E-state index in [0.29, 0.717) is 0 Å². The van der Waals surface area contributed by atoms with Crippen LogP contribution in [-0.2, 0) is 9.59 Å². The van der Waals surface area contributed by atoms with E-state index in [4.69, 9.17) is 5.11 Å². The van der Waals surface area contributed by atoms with E-state index in [2.05, 4.69) is 5.32 Å². The van der Waals surface area contributed by atoms with Gasteiger partial charge in [0.15, 0.2) is 0 Å². The van der Waals surface area contributed by atoms with E-state index in [1.165, 1.54) is 0 Å². The Morgan fingerprint density at radius 2 is 2.08 bits per heavy atom. The lowest BCUT2D eigenvalue weighted by Gasteiger charge is -2.41. The zero-order chi connectivity index (χ0) is 9.19. The summed E-state index contributed by atoms with van der Waals surface area (Å²) in [6.07, 6.45) is 3.70. The van der Waals surface area contributed by atoms with E-state index >= 15 is 0 Å². The molecule has 1 saturated carbocycles. The lowest BCUT2D eigenvalue weighted by Crippen LogP contribution is -2.54. The van der Waals surface area contributed by atoms with Gasteiger partial charge in [0.05, 0.1) is 0 Å². The summed E-state index contributed by atoms with van der Waals surface area (Å²) in [5.74, 6) is -2.27. The fourth-order valence-electron chi connectivity index (χ4n) is 1.46. The van der Waals surface area contributed by atoms with Gasteiger partial charge in [0, 0.05) is 5.54 Å². The molecular weight excluding hydrogens is 158 g/mol. The minimum atomic E-state index is -1.39. The Kier molecular flexibility index (Phi) is 2.35. The summed E-state index contributed by atoms with van der Waals surface area (Å²) >= 11 is 0. The summed E-state index contributed by atoms with van der Waals surface area (Å²) in [5, 5.41) is 10.9. The van der Waals surface area contributed by atoms with Crippen molar-refractivity contribution in [3.8, 4) is 0 Å². The lowest BCUT2D eigenvalue weighted by molar-refractivity contribution is -0.151. The number of carbonyl (C=O) groups is 2. The molecule has 12 heavy (non-hydrogen) atoms. The second kappa shape index (κ2) is 3.13. The predicted octanol–water partition coefficient (Wildman–Crippen LogP) is 0.520. The molecule has 0 aromatic carbocycles. The van der Waals surface area contributed by atoms with Crippen molar-refractivity contribution in [2.45, 2.75) is 38.1 Å². The first-order chi connectivity index (χ1) is 5.59. The monoisotopic (exact) mass is 171 g/mol. The average molecular weight is 171 g/mol. The molecule has 2 N–H and O–H groups in total. The number of carboxylic acid groups (broad SMARTS) is 1. The maximum atomic E-state index is 10.8. The van der Waals surface area contributed by atoms with E-state index < -0.39 is 11.9 Å². The molecule has 4 nitrogen and oxygen atoms in total. The number of rotatable bonds is 2. The molecule has 0 aromatic rings. The van der Waals surface area contributed by atoms with Gasteiger partial charge < -0.3 is 10.4 Å². The summed E-state index contributed by atoms with van der Waals surface area (Å²) in [5.41, 5.74) is -0.213. The molecule has 1 amide bonds. The first kappa shape index (κ1) is 9.03. The van der Waals surface area contributed by atoms with Crippen LogP contribution in [0.2, 0.25) is 0 Å². The highest BCUT2D eigenvalue weighted by atomic mass is 16.4. The van der Waals surface area contributed by atoms with Gasteiger partial charge in [0.1, 0.15) is 0 Å². The minimum Gasteiger partial charge on any atom is -0.474 e. The highest BCUT2D eigenvalue weighted by Crippen LogP contribution is 2.34. The first-order valence-corrected chi connectivity index (χ1v) is 4.15. The zero-order valence-electron chi connectivity index (χ0n) is 7.09. The van der Waals surface area contributed by atoms with Crippen LogP contribution in [0.5, 0.6) is 0 Å². The highest BCUT2D eigenvalue weighted by molar-refractivity contribution is 6.31. The minimum absolute atomic E-state index is 0.213. The summed E-state index contributed by atoms with van der Waals surface area (Å²) in [7, 11) is 0. The van der Waals surface area contributed by atoms with Crippen molar-refractivity contribution < 1.29 is 14.7 Å². The Bertz CT molecular complexity index is 203. The number of nitrogens with one attached hydrogen (secondary N) is 1. The Morgan fingerprint density at radius 1 is 1.50 bits per heavy atom. The second-order valence-corrected chi connectivity index (χ2v) is 3.25. The molecule has 1 fully saturated rings. The molecule has 0 atom stereocenters. The molecular formula is C8H13NO3. The van der Waals surface area contributed by atoms with Crippen molar-refractivity contribution in [1.29, 1.82) is 0 Å². The van der Waals surface area contributed by atoms with Crippen LogP contribution < -0.4 is 5.32 Å². The van der Waals surface area contributed by atoms with Crippen molar-refractivity contribution in [1.82, 2.24) is 5.32 Å². The van der Waals surface area contributed by atoms with Crippen LogP contribution in [0.15, 0.2) is 0 Å². The van der Waals surface area contributed by atoms with Crippen LogP contribution in [0, 0.1) is 0 Å². The van der Waals surface area contributed by atoms with Gasteiger partial charge in [0.2, 0.25) is 0 Å². The third kappa shape index (κ3) is 1.57. The van der Waals surface area contributed by atoms with Crippen LogP contribution in [0.3, 0.4) is 0 Å². The SMILES string of the molecule is CCC1(NC(=O)C(=O)O)CCC1. The first-order valence-electron chi connectivity index (χ1n) is 4.15. The summed E-state index contributed by atoms with van der Waals surface area (Å²) in [6, 6.07) is 0. The fraction of sp³-hybridized carbons (Fsp3) is 0.750. The molecule has 0 radical (unpaired) electrons. The third-order valence-electron chi connectivity index (χ3n) is 2.56. The Balaban J connectivity index is 2.48. The molecule has 0 unspecified atom stereocenters. The molecule has 0 heterocycles. The van der Waals surface area contributed by atoms with Crippen molar-refractivity contribution >= 4 is 11.9 Å². The highest BCUT2D eigenvalue weighted by Gasteiger charge is 2.37. The topological polar surface area (TPSA) is 66.4 Å². The average Bonchev–Trinajstić information content (AvgIpc) is 1.96. The smallest absolute Gasteiger partial charge is 0.394 e. The van der Waals surface area contributed by atoms with Gasteiger partial charge in [0.25, 0.3) is 0 Å². The maximum absolute atomic E-state index is 10.8.